The number of benzene rings is 3. The molecule has 0 unspecified atom stereocenters. The molecule has 0 spiro atoms. The van der Waals surface area contributed by atoms with Crippen LogP contribution < -0.4 is 15.1 Å². The molecular weight excluding hydrogens is 464 g/mol. The van der Waals surface area contributed by atoms with Crippen LogP contribution in [0.3, 0.4) is 0 Å². The molecule has 0 saturated carbocycles. The fourth-order valence-corrected chi connectivity index (χ4v) is 4.26. The Hall–Kier alpha value is -4.20. The first-order chi connectivity index (χ1) is 17.5. The average Bonchev–Trinajstić information content (AvgIpc) is 3.24. The number of aryl methyl sites for hydroxylation is 1. The Kier molecular flexibility index (Phi) is 7.29. The summed E-state index contributed by atoms with van der Waals surface area (Å²) in [5, 5.41) is 11.5. The lowest BCUT2D eigenvalue weighted by Gasteiger charge is -2.34. The van der Waals surface area contributed by atoms with Gasteiger partial charge in [-0.1, -0.05) is 41.6 Å². The lowest BCUT2D eigenvalue weighted by Crippen LogP contribution is -2.50. The summed E-state index contributed by atoms with van der Waals surface area (Å²) in [6.45, 7) is 7.68. The SMILES string of the molecule is Cc1cccc(N(C(=O)Cn2nnc3ccccc32)[C@H](C(=O)NC(C)(C)C)c2ccc(N(C)C)cc2)c1. The minimum absolute atomic E-state index is 0.0659. The zero-order valence-corrected chi connectivity index (χ0v) is 22.3. The van der Waals surface area contributed by atoms with Gasteiger partial charge < -0.3 is 10.2 Å². The van der Waals surface area contributed by atoms with Crippen molar-refractivity contribution in [3.8, 4) is 0 Å². The minimum Gasteiger partial charge on any atom is -0.378 e. The van der Waals surface area contributed by atoms with E-state index >= 15 is 0 Å². The molecule has 4 aromatic rings. The van der Waals surface area contributed by atoms with Crippen LogP contribution in [0.25, 0.3) is 11.0 Å². The highest BCUT2D eigenvalue weighted by Crippen LogP contribution is 2.31. The Labute approximate surface area is 217 Å². The smallest absolute Gasteiger partial charge is 0.249 e. The molecule has 2 amide bonds. The number of nitrogens with one attached hydrogen (secondary N) is 1. The first-order valence-corrected chi connectivity index (χ1v) is 12.3. The molecule has 3 aromatic carbocycles. The second kappa shape index (κ2) is 10.4. The fourth-order valence-electron chi connectivity index (χ4n) is 4.26. The monoisotopic (exact) mass is 498 g/mol. The van der Waals surface area contributed by atoms with Crippen LogP contribution in [0.1, 0.15) is 37.9 Å². The molecule has 0 saturated heterocycles. The molecule has 4 rings (SSSR count). The van der Waals surface area contributed by atoms with Crippen LogP contribution in [0.5, 0.6) is 0 Å². The second-order valence-electron chi connectivity index (χ2n) is 10.5. The Morgan fingerprint density at radius 1 is 0.946 bits per heavy atom. The van der Waals surface area contributed by atoms with Gasteiger partial charge in [0.1, 0.15) is 18.1 Å². The summed E-state index contributed by atoms with van der Waals surface area (Å²) in [6, 6.07) is 22.0. The number of aromatic nitrogens is 3. The van der Waals surface area contributed by atoms with Crippen molar-refractivity contribution in [3.05, 3.63) is 83.9 Å². The highest BCUT2D eigenvalue weighted by atomic mass is 16.2. The molecule has 192 valence electrons. The van der Waals surface area contributed by atoms with Crippen LogP contribution in [0.4, 0.5) is 11.4 Å². The van der Waals surface area contributed by atoms with Crippen LogP contribution in [-0.4, -0.2) is 46.4 Å². The van der Waals surface area contributed by atoms with E-state index in [1.807, 2.05) is 119 Å². The quantitative estimate of drug-likeness (QED) is 0.406. The van der Waals surface area contributed by atoms with Crippen LogP contribution in [-0.2, 0) is 16.1 Å². The van der Waals surface area contributed by atoms with Gasteiger partial charge in [0.15, 0.2) is 0 Å². The van der Waals surface area contributed by atoms with E-state index in [0.717, 1.165) is 16.8 Å². The molecule has 1 aromatic heterocycles. The van der Waals surface area contributed by atoms with Gasteiger partial charge >= 0.3 is 0 Å². The highest BCUT2D eigenvalue weighted by Gasteiger charge is 2.35. The summed E-state index contributed by atoms with van der Waals surface area (Å²) in [5.41, 5.74) is 4.32. The number of anilines is 2. The third-order valence-electron chi connectivity index (χ3n) is 5.98. The Balaban J connectivity index is 1.82. The van der Waals surface area contributed by atoms with E-state index < -0.39 is 11.6 Å². The molecule has 0 aliphatic rings. The molecule has 8 nitrogen and oxygen atoms in total. The normalized spacial score (nSPS) is 12.3. The molecule has 0 aliphatic carbocycles. The predicted octanol–water partition coefficient (Wildman–Crippen LogP) is 4.49. The summed E-state index contributed by atoms with van der Waals surface area (Å²) in [6.07, 6.45) is 0. The number of nitrogens with zero attached hydrogens (tertiary/aromatic N) is 5. The summed E-state index contributed by atoms with van der Waals surface area (Å²) in [4.78, 5) is 31.5. The van der Waals surface area contributed by atoms with Crippen molar-refractivity contribution in [2.75, 3.05) is 23.9 Å². The topological polar surface area (TPSA) is 83.4 Å². The Morgan fingerprint density at radius 2 is 1.65 bits per heavy atom. The van der Waals surface area contributed by atoms with Gasteiger partial charge in [-0.05, 0) is 75.2 Å². The van der Waals surface area contributed by atoms with Gasteiger partial charge in [0.05, 0.1) is 5.52 Å². The largest absolute Gasteiger partial charge is 0.378 e. The number of para-hydroxylation sites is 1. The standard InChI is InChI=1S/C29H34N6O2/c1-20-10-9-11-23(18-20)35(26(36)19-34-25-13-8-7-12-24(25)31-32-34)27(28(37)30-29(2,3)4)21-14-16-22(17-15-21)33(5)6/h7-18,27H,19H2,1-6H3,(H,30,37)/t27-/m0/s1. The number of fused-ring (bicyclic) bond motifs is 1. The molecule has 1 heterocycles. The maximum atomic E-state index is 14.1. The van der Waals surface area contributed by atoms with Crippen molar-refractivity contribution >= 4 is 34.2 Å². The van der Waals surface area contributed by atoms with Gasteiger partial charge in [-0.15, -0.1) is 5.10 Å². The maximum absolute atomic E-state index is 14.1. The van der Waals surface area contributed by atoms with Gasteiger partial charge in [-0.3, -0.25) is 14.5 Å². The van der Waals surface area contributed by atoms with E-state index in [9.17, 15) is 9.59 Å². The third kappa shape index (κ3) is 5.97. The van der Waals surface area contributed by atoms with E-state index in [0.29, 0.717) is 16.8 Å². The van der Waals surface area contributed by atoms with E-state index in [2.05, 4.69) is 15.6 Å². The zero-order valence-electron chi connectivity index (χ0n) is 22.3. The molecule has 8 heteroatoms. The predicted molar refractivity (Wildman–Crippen MR) is 148 cm³/mol. The van der Waals surface area contributed by atoms with E-state index in [-0.39, 0.29) is 18.4 Å². The lowest BCUT2D eigenvalue weighted by molar-refractivity contribution is -0.128. The van der Waals surface area contributed by atoms with Gasteiger partial charge in [0.2, 0.25) is 11.8 Å². The van der Waals surface area contributed by atoms with Crippen molar-refractivity contribution in [2.24, 2.45) is 0 Å². The summed E-state index contributed by atoms with van der Waals surface area (Å²) < 4.78 is 1.58. The molecule has 37 heavy (non-hydrogen) atoms. The van der Waals surface area contributed by atoms with E-state index in [1.54, 1.807) is 9.58 Å². The van der Waals surface area contributed by atoms with Crippen molar-refractivity contribution in [3.63, 3.8) is 0 Å². The minimum atomic E-state index is -0.889. The number of carbonyl (C=O) groups excluding carboxylic acids is 2. The fraction of sp³-hybridized carbons (Fsp3) is 0.310. The molecule has 1 atom stereocenters. The third-order valence-corrected chi connectivity index (χ3v) is 5.98. The van der Waals surface area contributed by atoms with Crippen molar-refractivity contribution in [1.82, 2.24) is 20.3 Å². The molecule has 0 radical (unpaired) electrons. The first kappa shape index (κ1) is 25.9. The Morgan fingerprint density at radius 3 is 2.30 bits per heavy atom. The van der Waals surface area contributed by atoms with E-state index in [1.165, 1.54) is 0 Å². The van der Waals surface area contributed by atoms with Gasteiger partial charge in [-0.25, -0.2) is 4.68 Å². The average molecular weight is 499 g/mol. The Bertz CT molecular complexity index is 1400. The number of amides is 2. The molecule has 1 N–H and O–H groups in total. The van der Waals surface area contributed by atoms with E-state index in [4.69, 9.17) is 0 Å². The van der Waals surface area contributed by atoms with Crippen molar-refractivity contribution in [1.29, 1.82) is 0 Å². The number of carbonyl (C=O) groups is 2. The lowest BCUT2D eigenvalue weighted by atomic mass is 10.00. The van der Waals surface area contributed by atoms with Crippen molar-refractivity contribution < 1.29 is 9.59 Å². The molecule has 0 fully saturated rings. The second-order valence-corrected chi connectivity index (χ2v) is 10.5. The van der Waals surface area contributed by atoms with Crippen LogP contribution in [0.15, 0.2) is 72.8 Å². The molecular formula is C29H34N6O2. The summed E-state index contributed by atoms with van der Waals surface area (Å²) in [7, 11) is 3.92. The first-order valence-electron chi connectivity index (χ1n) is 12.3. The zero-order chi connectivity index (χ0) is 26.7. The highest BCUT2D eigenvalue weighted by molar-refractivity contribution is 6.01. The van der Waals surface area contributed by atoms with Crippen LogP contribution in [0.2, 0.25) is 0 Å². The van der Waals surface area contributed by atoms with Crippen molar-refractivity contribution in [2.45, 2.75) is 45.8 Å². The van der Waals surface area contributed by atoms with Gasteiger partial charge in [0.25, 0.3) is 0 Å². The summed E-state index contributed by atoms with van der Waals surface area (Å²) in [5.74, 6) is -0.532. The van der Waals surface area contributed by atoms with Gasteiger partial charge in [-0.2, -0.15) is 0 Å². The number of hydrogen-bond acceptors (Lipinski definition) is 5. The molecule has 0 bridgehead atoms. The van der Waals surface area contributed by atoms with Crippen LogP contribution in [0, 0.1) is 6.92 Å². The van der Waals surface area contributed by atoms with Gasteiger partial charge in [0, 0.05) is 31.0 Å². The van der Waals surface area contributed by atoms with Crippen LogP contribution >= 0.6 is 0 Å². The molecule has 0 aliphatic heterocycles. The number of hydrogen-bond donors (Lipinski definition) is 1. The number of rotatable bonds is 7. The maximum Gasteiger partial charge on any atom is 0.249 e. The summed E-state index contributed by atoms with van der Waals surface area (Å²) >= 11 is 0.